The van der Waals surface area contributed by atoms with Crippen molar-refractivity contribution in [3.8, 4) is 23.1 Å². The van der Waals surface area contributed by atoms with E-state index < -0.39 is 0 Å². The van der Waals surface area contributed by atoms with Gasteiger partial charge in [0.05, 0.1) is 19.8 Å². The van der Waals surface area contributed by atoms with Gasteiger partial charge in [0.15, 0.2) is 5.15 Å². The largest absolute Gasteiger partial charge is 0.480 e. The van der Waals surface area contributed by atoms with Gasteiger partial charge in [-0.05, 0) is 24.0 Å². The van der Waals surface area contributed by atoms with E-state index in [4.69, 9.17) is 21.1 Å². The Morgan fingerprint density at radius 2 is 2.14 bits per heavy atom. The average Bonchev–Trinajstić information content (AvgIpc) is 3.34. The van der Waals surface area contributed by atoms with Crippen LogP contribution in [0.2, 0.25) is 5.15 Å². The molecule has 8 heteroatoms. The Kier molecular flexibility index (Phi) is 3.89. The summed E-state index contributed by atoms with van der Waals surface area (Å²) in [7, 11) is 2.97. The van der Waals surface area contributed by atoms with E-state index in [2.05, 4.69) is 20.2 Å². The number of carbonyl (C=O) groups excluding carboxylic acids is 1. The second kappa shape index (κ2) is 5.84. The van der Waals surface area contributed by atoms with Crippen LogP contribution < -0.4 is 9.47 Å². The molecule has 22 heavy (non-hydrogen) atoms. The molecule has 0 aliphatic heterocycles. The van der Waals surface area contributed by atoms with Gasteiger partial charge in [0, 0.05) is 12.1 Å². The summed E-state index contributed by atoms with van der Waals surface area (Å²) < 4.78 is 10.2. The number of aromatic nitrogens is 4. The van der Waals surface area contributed by atoms with Gasteiger partial charge >= 0.3 is 6.01 Å². The van der Waals surface area contributed by atoms with Crippen LogP contribution in [0.3, 0.4) is 0 Å². The summed E-state index contributed by atoms with van der Waals surface area (Å²) in [4.78, 5) is 19.0. The van der Waals surface area contributed by atoms with E-state index in [1.54, 1.807) is 12.3 Å². The Morgan fingerprint density at radius 3 is 2.77 bits per heavy atom. The molecule has 0 aromatic carbocycles. The van der Waals surface area contributed by atoms with Crippen LogP contribution in [0.1, 0.15) is 17.9 Å². The summed E-state index contributed by atoms with van der Waals surface area (Å²) in [5.74, 6) is 0.435. The first-order chi connectivity index (χ1) is 10.7. The summed E-state index contributed by atoms with van der Waals surface area (Å²) in [6.45, 7) is 0. The molecular formula is C14H13ClN4O3. The van der Waals surface area contributed by atoms with Gasteiger partial charge in [0.25, 0.3) is 0 Å². The predicted molar refractivity (Wildman–Crippen MR) is 78.1 cm³/mol. The van der Waals surface area contributed by atoms with Crippen molar-refractivity contribution in [2.75, 3.05) is 14.2 Å². The zero-order valence-electron chi connectivity index (χ0n) is 12.0. The smallest absolute Gasteiger partial charge is 0.319 e. The summed E-state index contributed by atoms with van der Waals surface area (Å²) in [5.41, 5.74) is 1.93. The van der Waals surface area contributed by atoms with Crippen molar-refractivity contribution in [1.82, 2.24) is 20.2 Å². The Bertz CT molecular complexity index is 725. The maximum absolute atomic E-state index is 10.9. The third-order valence-electron chi connectivity index (χ3n) is 3.57. The van der Waals surface area contributed by atoms with Crippen molar-refractivity contribution in [1.29, 1.82) is 0 Å². The Morgan fingerprint density at radius 1 is 1.32 bits per heavy atom. The van der Waals surface area contributed by atoms with Crippen LogP contribution in [0.15, 0.2) is 12.3 Å². The van der Waals surface area contributed by atoms with E-state index in [0.717, 1.165) is 18.3 Å². The van der Waals surface area contributed by atoms with E-state index in [0.29, 0.717) is 22.3 Å². The molecule has 0 spiro atoms. The second-order valence-corrected chi connectivity index (χ2v) is 5.26. The maximum Gasteiger partial charge on any atom is 0.319 e. The molecular weight excluding hydrogens is 308 g/mol. The lowest BCUT2D eigenvalue weighted by atomic mass is 10.1. The number of hydrogen-bond donors (Lipinski definition) is 0. The van der Waals surface area contributed by atoms with E-state index >= 15 is 0 Å². The van der Waals surface area contributed by atoms with Gasteiger partial charge in [-0.15, -0.1) is 10.2 Å². The molecule has 114 valence electrons. The maximum atomic E-state index is 10.9. The summed E-state index contributed by atoms with van der Waals surface area (Å²) in [6.07, 6.45) is 3.28. The predicted octanol–water partition coefficient (Wildman–Crippen LogP) is 1.91. The highest BCUT2D eigenvalue weighted by atomic mass is 35.5. The number of hydrogen-bond acceptors (Lipinski definition) is 7. The highest BCUT2D eigenvalue weighted by Gasteiger charge is 2.40. The molecule has 3 rings (SSSR count). The van der Waals surface area contributed by atoms with Gasteiger partial charge in [0.2, 0.25) is 5.88 Å². The third kappa shape index (κ3) is 2.59. The molecule has 1 unspecified atom stereocenters. The Labute approximate surface area is 131 Å². The number of methoxy groups -OCH3 is 2. The van der Waals surface area contributed by atoms with Crippen LogP contribution in [0.5, 0.6) is 11.9 Å². The first-order valence-electron chi connectivity index (χ1n) is 6.61. The molecule has 2 aromatic rings. The van der Waals surface area contributed by atoms with E-state index in [9.17, 15) is 4.79 Å². The monoisotopic (exact) mass is 320 g/mol. The van der Waals surface area contributed by atoms with Gasteiger partial charge in [-0.3, -0.25) is 0 Å². The zero-order valence-corrected chi connectivity index (χ0v) is 12.7. The average molecular weight is 321 g/mol. The van der Waals surface area contributed by atoms with Gasteiger partial charge in [-0.25, -0.2) is 4.98 Å². The lowest BCUT2D eigenvalue weighted by Gasteiger charge is -2.09. The topological polar surface area (TPSA) is 87.1 Å². The third-order valence-corrected chi connectivity index (χ3v) is 3.87. The highest BCUT2D eigenvalue weighted by molar-refractivity contribution is 6.30. The summed E-state index contributed by atoms with van der Waals surface area (Å²) >= 11 is 6.09. The van der Waals surface area contributed by atoms with Crippen molar-refractivity contribution in [2.45, 2.75) is 12.3 Å². The number of carbonyl (C=O) groups is 1. The minimum absolute atomic E-state index is 0.00330. The SMILES string of the molecule is COc1ncc(-c2cc(C3C[C@@H]3C=O)c(Cl)nn2)c(OC)n1. The summed E-state index contributed by atoms with van der Waals surface area (Å²) in [5, 5.41) is 8.34. The highest BCUT2D eigenvalue weighted by Crippen LogP contribution is 2.48. The van der Waals surface area contributed by atoms with Crippen molar-refractivity contribution >= 4 is 17.9 Å². The van der Waals surface area contributed by atoms with E-state index in [1.165, 1.54) is 14.2 Å². The molecule has 0 saturated heterocycles. The van der Waals surface area contributed by atoms with Crippen LogP contribution in [0.4, 0.5) is 0 Å². The molecule has 2 atom stereocenters. The molecule has 0 amide bonds. The molecule has 1 saturated carbocycles. The standard InChI is InChI=1S/C14H13ClN4O3/c1-21-13-10(5-16-14(17-13)22-2)11-4-9(12(15)19-18-11)8-3-7(8)6-20/h4-8H,3H2,1-2H3/t7-,8?/m1/s1. The normalized spacial score (nSPS) is 19.6. The molecule has 1 aliphatic rings. The molecule has 0 bridgehead atoms. The molecule has 2 aromatic heterocycles. The molecule has 0 radical (unpaired) electrons. The van der Waals surface area contributed by atoms with Crippen molar-refractivity contribution in [2.24, 2.45) is 5.92 Å². The number of ether oxygens (including phenoxy) is 2. The van der Waals surface area contributed by atoms with Crippen molar-refractivity contribution in [3.05, 3.63) is 23.0 Å². The quantitative estimate of drug-likeness (QED) is 0.777. The fourth-order valence-corrected chi connectivity index (χ4v) is 2.52. The minimum atomic E-state index is 0.00330. The van der Waals surface area contributed by atoms with Gasteiger partial charge in [-0.2, -0.15) is 4.98 Å². The number of aldehydes is 1. The fourth-order valence-electron chi connectivity index (χ4n) is 2.29. The first kappa shape index (κ1) is 14.6. The van der Waals surface area contributed by atoms with Gasteiger partial charge < -0.3 is 14.3 Å². The summed E-state index contributed by atoms with van der Waals surface area (Å²) in [6, 6.07) is 2.00. The van der Waals surface area contributed by atoms with Crippen LogP contribution in [-0.4, -0.2) is 40.7 Å². The van der Waals surface area contributed by atoms with Crippen LogP contribution in [0.25, 0.3) is 11.3 Å². The first-order valence-corrected chi connectivity index (χ1v) is 6.99. The molecule has 1 fully saturated rings. The lowest BCUT2D eigenvalue weighted by Crippen LogP contribution is -2.00. The van der Waals surface area contributed by atoms with Crippen LogP contribution >= 0.6 is 11.6 Å². The Balaban J connectivity index is 2.02. The molecule has 2 heterocycles. The zero-order chi connectivity index (χ0) is 15.7. The number of halogens is 1. The van der Waals surface area contributed by atoms with Crippen LogP contribution in [-0.2, 0) is 4.79 Å². The number of nitrogens with zero attached hydrogens (tertiary/aromatic N) is 4. The van der Waals surface area contributed by atoms with Crippen LogP contribution in [0, 0.1) is 5.92 Å². The fraction of sp³-hybridized carbons (Fsp3) is 0.357. The van der Waals surface area contributed by atoms with Gasteiger partial charge in [0.1, 0.15) is 12.0 Å². The Hall–Kier alpha value is -2.28. The van der Waals surface area contributed by atoms with E-state index in [1.807, 2.05) is 0 Å². The second-order valence-electron chi connectivity index (χ2n) is 4.90. The molecule has 7 nitrogen and oxygen atoms in total. The van der Waals surface area contributed by atoms with E-state index in [-0.39, 0.29) is 17.8 Å². The molecule has 0 N–H and O–H groups in total. The van der Waals surface area contributed by atoms with Crippen molar-refractivity contribution < 1.29 is 14.3 Å². The number of rotatable bonds is 5. The van der Waals surface area contributed by atoms with Gasteiger partial charge in [-0.1, -0.05) is 11.6 Å². The minimum Gasteiger partial charge on any atom is -0.480 e. The lowest BCUT2D eigenvalue weighted by molar-refractivity contribution is -0.108. The van der Waals surface area contributed by atoms with Crippen molar-refractivity contribution in [3.63, 3.8) is 0 Å². The molecule has 1 aliphatic carbocycles.